The first-order chi connectivity index (χ1) is 16.9. The summed E-state index contributed by atoms with van der Waals surface area (Å²) in [5.41, 5.74) is 6.45. The molecule has 2 aromatic carbocycles. The Kier molecular flexibility index (Phi) is 8.79. The topological polar surface area (TPSA) is 91.4 Å². The lowest BCUT2D eigenvalue weighted by atomic mass is 10.2. The number of hydrazine groups is 1. The maximum absolute atomic E-state index is 12.7. The van der Waals surface area contributed by atoms with Gasteiger partial charge in [-0.1, -0.05) is 77.7 Å². The minimum Gasteiger partial charge on any atom is -0.293 e. The predicted molar refractivity (Wildman–Crippen MR) is 147 cm³/mol. The lowest BCUT2D eigenvalue weighted by Gasteiger charge is -2.14. The summed E-state index contributed by atoms with van der Waals surface area (Å²) in [6.45, 7) is 0.305. The number of nitrogens with zero attached hydrogens (tertiary/aromatic N) is 2. The number of aromatic nitrogens is 1. The van der Waals surface area contributed by atoms with E-state index in [4.69, 9.17) is 23.8 Å². The first kappa shape index (κ1) is 25.6. The normalized spacial score (nSPS) is 14.7. The van der Waals surface area contributed by atoms with Crippen LogP contribution < -0.4 is 10.9 Å². The van der Waals surface area contributed by atoms with E-state index < -0.39 is 0 Å². The Balaban J connectivity index is 1.17. The van der Waals surface area contributed by atoms with Gasteiger partial charge in [0.2, 0.25) is 11.8 Å². The fourth-order valence-electron chi connectivity index (χ4n) is 3.10. The number of nitrogens with one attached hydrogen (secondary N) is 2. The van der Waals surface area contributed by atoms with Crippen LogP contribution in [0.4, 0.5) is 0 Å². The molecular weight excluding hydrogens is 544 g/mol. The van der Waals surface area contributed by atoms with Gasteiger partial charge in [0.15, 0.2) is 4.34 Å². The van der Waals surface area contributed by atoms with Gasteiger partial charge < -0.3 is 0 Å². The lowest BCUT2D eigenvalue weighted by molar-refractivity contribution is -0.128. The van der Waals surface area contributed by atoms with E-state index in [1.165, 1.54) is 39.8 Å². The number of fused-ring (bicyclic) bond motifs is 1. The molecule has 3 amide bonds. The molecule has 0 unspecified atom stereocenters. The Bertz CT molecular complexity index is 1290. The van der Waals surface area contributed by atoms with Crippen LogP contribution in [0, 0.1) is 0 Å². The standard InChI is InChI=1S/C23H19ClN4O3S4/c24-15-7-2-1-6-14(15)12-18-21(31)28(23(32)35-18)11-5-10-19(29)26-27-20(30)13-33-22-25-16-8-3-4-9-17(16)34-22/h1-4,6-9,12H,5,10-11,13H2,(H,26,29)(H,27,30). The molecule has 0 aliphatic carbocycles. The van der Waals surface area contributed by atoms with Crippen molar-refractivity contribution in [3.05, 3.63) is 64.0 Å². The van der Waals surface area contributed by atoms with Gasteiger partial charge in [0.1, 0.15) is 4.32 Å². The Morgan fingerprint density at radius 2 is 1.86 bits per heavy atom. The number of para-hydroxylation sites is 1. The summed E-state index contributed by atoms with van der Waals surface area (Å²) in [6, 6.07) is 15.0. The highest BCUT2D eigenvalue weighted by Gasteiger charge is 2.31. The van der Waals surface area contributed by atoms with Gasteiger partial charge in [-0.15, -0.1) is 11.3 Å². The van der Waals surface area contributed by atoms with Crippen molar-refractivity contribution in [1.82, 2.24) is 20.7 Å². The first-order valence-corrected chi connectivity index (χ1v) is 13.9. The van der Waals surface area contributed by atoms with E-state index >= 15 is 0 Å². The van der Waals surface area contributed by atoms with Crippen molar-refractivity contribution in [1.29, 1.82) is 0 Å². The van der Waals surface area contributed by atoms with Gasteiger partial charge in [0.05, 0.1) is 20.9 Å². The second-order valence-corrected chi connectivity index (χ2v) is 11.6. The number of carbonyl (C=O) groups is 3. The number of hydrogen-bond acceptors (Lipinski definition) is 8. The molecule has 1 fully saturated rings. The summed E-state index contributed by atoms with van der Waals surface area (Å²) in [4.78, 5) is 43.3. The van der Waals surface area contributed by atoms with E-state index in [2.05, 4.69) is 15.8 Å². The van der Waals surface area contributed by atoms with E-state index in [-0.39, 0.29) is 29.9 Å². The molecule has 0 radical (unpaired) electrons. The SMILES string of the molecule is O=C(CCCN1C(=O)C(=Cc2ccccc2Cl)SC1=S)NNC(=O)CSc1nc2ccccc2s1. The number of hydrogen-bond donors (Lipinski definition) is 2. The van der Waals surface area contributed by atoms with Gasteiger partial charge in [-0.3, -0.25) is 30.1 Å². The summed E-state index contributed by atoms with van der Waals surface area (Å²) in [5.74, 6) is -0.751. The summed E-state index contributed by atoms with van der Waals surface area (Å²) < 4.78 is 2.29. The molecule has 0 bridgehead atoms. The lowest BCUT2D eigenvalue weighted by Crippen LogP contribution is -2.42. The second kappa shape index (κ2) is 12.0. The number of thiazole rings is 1. The highest BCUT2D eigenvalue weighted by molar-refractivity contribution is 8.26. The molecule has 0 saturated carbocycles. The van der Waals surface area contributed by atoms with E-state index in [1.807, 2.05) is 42.5 Å². The molecule has 1 saturated heterocycles. The van der Waals surface area contributed by atoms with Crippen molar-refractivity contribution >= 4 is 97.0 Å². The van der Waals surface area contributed by atoms with Crippen molar-refractivity contribution in [2.24, 2.45) is 0 Å². The van der Waals surface area contributed by atoms with Crippen LogP contribution >= 0.6 is 58.7 Å². The highest BCUT2D eigenvalue weighted by Crippen LogP contribution is 2.34. The van der Waals surface area contributed by atoms with E-state index in [0.717, 1.165) is 20.1 Å². The Morgan fingerprint density at radius 1 is 1.11 bits per heavy atom. The van der Waals surface area contributed by atoms with Crippen molar-refractivity contribution in [3.63, 3.8) is 0 Å². The van der Waals surface area contributed by atoms with Crippen LogP contribution in [0.25, 0.3) is 16.3 Å². The third kappa shape index (κ3) is 6.83. The fraction of sp³-hybridized carbons (Fsp3) is 0.174. The summed E-state index contributed by atoms with van der Waals surface area (Å²) in [7, 11) is 0. The van der Waals surface area contributed by atoms with E-state index in [1.54, 1.807) is 12.1 Å². The monoisotopic (exact) mass is 562 g/mol. The maximum Gasteiger partial charge on any atom is 0.266 e. The third-order valence-corrected chi connectivity index (χ3v) is 8.69. The van der Waals surface area contributed by atoms with Gasteiger partial charge >= 0.3 is 0 Å². The Morgan fingerprint density at radius 3 is 2.66 bits per heavy atom. The van der Waals surface area contributed by atoms with Crippen LogP contribution in [0.1, 0.15) is 18.4 Å². The number of rotatable bonds is 8. The second-order valence-electron chi connectivity index (χ2n) is 7.29. The molecule has 2 N–H and O–H groups in total. The number of benzene rings is 2. The van der Waals surface area contributed by atoms with Gasteiger partial charge in [-0.2, -0.15) is 0 Å². The van der Waals surface area contributed by atoms with Crippen LogP contribution in [-0.4, -0.2) is 44.2 Å². The zero-order valence-corrected chi connectivity index (χ0v) is 22.2. The molecule has 35 heavy (non-hydrogen) atoms. The Labute approximate surface area is 224 Å². The van der Waals surface area contributed by atoms with Gasteiger partial charge in [-0.25, -0.2) is 4.98 Å². The number of thioether (sulfide) groups is 2. The molecule has 2 heterocycles. The molecule has 7 nitrogen and oxygen atoms in total. The van der Waals surface area contributed by atoms with Crippen LogP contribution in [0.15, 0.2) is 57.8 Å². The van der Waals surface area contributed by atoms with Gasteiger partial charge in [0.25, 0.3) is 5.91 Å². The average Bonchev–Trinajstić information content (AvgIpc) is 3.38. The predicted octanol–water partition coefficient (Wildman–Crippen LogP) is 4.87. The van der Waals surface area contributed by atoms with Crippen LogP contribution in [0.2, 0.25) is 5.02 Å². The summed E-state index contributed by atoms with van der Waals surface area (Å²) in [5, 5.41) is 0.551. The zero-order chi connectivity index (χ0) is 24.8. The minimum absolute atomic E-state index is 0.131. The number of amides is 3. The smallest absolute Gasteiger partial charge is 0.266 e. The van der Waals surface area contributed by atoms with Crippen molar-refractivity contribution in [2.45, 2.75) is 17.2 Å². The first-order valence-electron chi connectivity index (χ1n) is 10.5. The third-order valence-electron chi connectivity index (χ3n) is 4.79. The van der Waals surface area contributed by atoms with Crippen molar-refractivity contribution in [2.75, 3.05) is 12.3 Å². The van der Waals surface area contributed by atoms with Crippen LogP contribution in [-0.2, 0) is 14.4 Å². The van der Waals surface area contributed by atoms with Crippen LogP contribution in [0.5, 0.6) is 0 Å². The van der Waals surface area contributed by atoms with Gasteiger partial charge in [-0.05, 0) is 36.3 Å². The highest BCUT2D eigenvalue weighted by atomic mass is 35.5. The molecule has 1 aliphatic rings. The average molecular weight is 563 g/mol. The summed E-state index contributed by atoms with van der Waals surface area (Å²) in [6.07, 6.45) is 2.25. The molecule has 12 heteroatoms. The zero-order valence-electron chi connectivity index (χ0n) is 18.2. The number of thiocarbonyl (C=S) groups is 1. The molecule has 4 rings (SSSR count). The number of halogens is 1. The largest absolute Gasteiger partial charge is 0.293 e. The van der Waals surface area contributed by atoms with Crippen molar-refractivity contribution in [3.8, 4) is 0 Å². The molecule has 0 atom stereocenters. The minimum atomic E-state index is -0.347. The van der Waals surface area contributed by atoms with Crippen molar-refractivity contribution < 1.29 is 14.4 Å². The van der Waals surface area contributed by atoms with Gasteiger partial charge in [0, 0.05) is 18.0 Å². The fourth-order valence-corrected chi connectivity index (χ4v) is 6.46. The van der Waals surface area contributed by atoms with E-state index in [9.17, 15) is 14.4 Å². The molecule has 0 spiro atoms. The Hall–Kier alpha value is -2.44. The van der Waals surface area contributed by atoms with E-state index in [0.29, 0.717) is 27.2 Å². The molecular formula is C23H19ClN4O3S4. The molecule has 3 aromatic rings. The molecule has 1 aliphatic heterocycles. The summed E-state index contributed by atoms with van der Waals surface area (Å²) >= 11 is 15.5. The maximum atomic E-state index is 12.7. The quantitative estimate of drug-likeness (QED) is 0.175. The molecule has 1 aromatic heterocycles. The number of carbonyl (C=O) groups excluding carboxylic acids is 3. The van der Waals surface area contributed by atoms with Crippen LogP contribution in [0.3, 0.4) is 0 Å². The molecule has 180 valence electrons.